The van der Waals surface area contributed by atoms with Gasteiger partial charge >= 0.3 is 0 Å². The summed E-state index contributed by atoms with van der Waals surface area (Å²) >= 11 is 14.1. The SMILES string of the molecule is Fc1ccc(NC(=S)NCc2ccc(F)c(Cl)c2)c(Br)c1. The molecule has 0 radical (unpaired) electrons. The van der Waals surface area contributed by atoms with Gasteiger partial charge in [-0.1, -0.05) is 17.7 Å². The number of rotatable bonds is 3. The average molecular weight is 392 g/mol. The maximum Gasteiger partial charge on any atom is 0.171 e. The van der Waals surface area contributed by atoms with E-state index in [2.05, 4.69) is 26.6 Å². The summed E-state index contributed by atoms with van der Waals surface area (Å²) in [5, 5.41) is 6.32. The molecule has 0 unspecified atom stereocenters. The lowest BCUT2D eigenvalue weighted by Crippen LogP contribution is -2.28. The Morgan fingerprint density at radius 1 is 1.19 bits per heavy atom. The number of nitrogens with one attached hydrogen (secondary N) is 2. The standard InChI is InChI=1S/C14H10BrClF2N2S/c15-10-6-9(17)2-4-13(10)20-14(21)19-7-8-1-3-12(18)11(16)5-8/h1-6H,7H2,(H2,19,20,21). The van der Waals surface area contributed by atoms with Crippen molar-refractivity contribution in [2.24, 2.45) is 0 Å². The topological polar surface area (TPSA) is 24.1 Å². The Hall–Kier alpha value is -1.24. The number of benzene rings is 2. The van der Waals surface area contributed by atoms with Gasteiger partial charge in [-0.25, -0.2) is 8.78 Å². The lowest BCUT2D eigenvalue weighted by atomic mass is 10.2. The highest BCUT2D eigenvalue weighted by Gasteiger charge is 2.05. The fourth-order valence-corrected chi connectivity index (χ4v) is 2.42. The minimum Gasteiger partial charge on any atom is -0.358 e. The molecule has 2 N–H and O–H groups in total. The van der Waals surface area contributed by atoms with E-state index in [1.54, 1.807) is 12.1 Å². The van der Waals surface area contributed by atoms with E-state index >= 15 is 0 Å². The van der Waals surface area contributed by atoms with Crippen LogP contribution in [0.5, 0.6) is 0 Å². The zero-order chi connectivity index (χ0) is 15.4. The summed E-state index contributed by atoms with van der Waals surface area (Å²) in [6.07, 6.45) is 0. The zero-order valence-corrected chi connectivity index (χ0v) is 13.7. The molecule has 0 aromatic heterocycles. The van der Waals surface area contributed by atoms with Crippen LogP contribution in [-0.4, -0.2) is 5.11 Å². The second-order valence-corrected chi connectivity index (χ2v) is 5.85. The Kier molecular flexibility index (Phi) is 5.50. The van der Waals surface area contributed by atoms with E-state index < -0.39 is 5.82 Å². The van der Waals surface area contributed by atoms with Gasteiger partial charge in [0, 0.05) is 11.0 Å². The highest BCUT2D eigenvalue weighted by atomic mass is 79.9. The van der Waals surface area contributed by atoms with Crippen LogP contribution in [0.15, 0.2) is 40.9 Å². The molecule has 0 fully saturated rings. The quantitative estimate of drug-likeness (QED) is 0.730. The van der Waals surface area contributed by atoms with Crippen molar-refractivity contribution >= 4 is 50.5 Å². The fraction of sp³-hybridized carbons (Fsp3) is 0.0714. The molecule has 0 saturated heterocycles. The summed E-state index contributed by atoms with van der Waals surface area (Å²) < 4.78 is 26.6. The van der Waals surface area contributed by atoms with Crippen molar-refractivity contribution in [1.82, 2.24) is 5.32 Å². The minimum absolute atomic E-state index is 0.0643. The maximum absolute atomic E-state index is 13.0. The summed E-state index contributed by atoms with van der Waals surface area (Å²) in [5.74, 6) is -0.802. The van der Waals surface area contributed by atoms with Crippen molar-refractivity contribution in [3.05, 3.63) is 63.1 Å². The van der Waals surface area contributed by atoms with Crippen molar-refractivity contribution in [3.63, 3.8) is 0 Å². The Bertz CT molecular complexity index is 682. The monoisotopic (exact) mass is 390 g/mol. The molecule has 7 heteroatoms. The first-order valence-electron chi connectivity index (χ1n) is 5.89. The van der Waals surface area contributed by atoms with Crippen molar-refractivity contribution in [2.75, 3.05) is 5.32 Å². The van der Waals surface area contributed by atoms with Gasteiger partial charge < -0.3 is 10.6 Å². The predicted molar refractivity (Wildman–Crippen MR) is 88.6 cm³/mol. The van der Waals surface area contributed by atoms with Crippen molar-refractivity contribution in [3.8, 4) is 0 Å². The fourth-order valence-electron chi connectivity index (χ4n) is 1.59. The van der Waals surface area contributed by atoms with Crippen LogP contribution in [-0.2, 0) is 6.54 Å². The summed E-state index contributed by atoms with van der Waals surface area (Å²) in [6, 6.07) is 8.68. The van der Waals surface area contributed by atoms with Gasteiger partial charge in [-0.05, 0) is 64.0 Å². The molecule has 2 rings (SSSR count). The van der Waals surface area contributed by atoms with Gasteiger partial charge in [0.05, 0.1) is 10.7 Å². The first kappa shape index (κ1) is 16.1. The van der Waals surface area contributed by atoms with Gasteiger partial charge in [0.2, 0.25) is 0 Å². The first-order chi connectivity index (χ1) is 9.95. The average Bonchev–Trinajstić information content (AvgIpc) is 2.43. The molecule has 0 aliphatic heterocycles. The van der Waals surface area contributed by atoms with Crippen LogP contribution in [0, 0.1) is 11.6 Å². The summed E-state index contributed by atoms with van der Waals surface area (Å²) in [4.78, 5) is 0. The summed E-state index contributed by atoms with van der Waals surface area (Å²) in [5.41, 5.74) is 1.44. The Labute approximate surface area is 139 Å². The number of thiocarbonyl (C=S) groups is 1. The zero-order valence-electron chi connectivity index (χ0n) is 10.6. The molecule has 0 bridgehead atoms. The highest BCUT2D eigenvalue weighted by Crippen LogP contribution is 2.23. The Morgan fingerprint density at radius 3 is 2.62 bits per heavy atom. The predicted octanol–water partition coefficient (Wildman–Crippen LogP) is 4.87. The molecule has 2 nitrogen and oxygen atoms in total. The molecule has 110 valence electrons. The smallest absolute Gasteiger partial charge is 0.171 e. The van der Waals surface area contributed by atoms with Gasteiger partial charge in [0.15, 0.2) is 5.11 Å². The molecule has 2 aromatic rings. The number of hydrogen-bond donors (Lipinski definition) is 2. The number of hydrogen-bond acceptors (Lipinski definition) is 1. The molecule has 0 heterocycles. The Balaban J connectivity index is 1.94. The molecular weight excluding hydrogens is 382 g/mol. The van der Waals surface area contributed by atoms with E-state index in [-0.39, 0.29) is 10.8 Å². The van der Waals surface area contributed by atoms with Crippen molar-refractivity contribution in [2.45, 2.75) is 6.54 Å². The molecule has 2 aromatic carbocycles. The normalized spacial score (nSPS) is 10.3. The van der Waals surface area contributed by atoms with E-state index in [9.17, 15) is 8.78 Å². The van der Waals surface area contributed by atoms with Gasteiger partial charge in [-0.2, -0.15) is 0 Å². The molecule has 0 spiro atoms. The minimum atomic E-state index is -0.462. The van der Waals surface area contributed by atoms with Crippen LogP contribution in [0.2, 0.25) is 5.02 Å². The second kappa shape index (κ2) is 7.15. The van der Waals surface area contributed by atoms with Crippen LogP contribution >= 0.6 is 39.7 Å². The number of anilines is 1. The van der Waals surface area contributed by atoms with Gasteiger partial charge in [-0.15, -0.1) is 0 Å². The van der Waals surface area contributed by atoms with E-state index in [4.69, 9.17) is 23.8 Å². The molecule has 0 aliphatic carbocycles. The molecular formula is C14H10BrClF2N2S. The molecule has 21 heavy (non-hydrogen) atoms. The van der Waals surface area contributed by atoms with Crippen molar-refractivity contribution < 1.29 is 8.78 Å². The van der Waals surface area contributed by atoms with E-state index in [1.807, 2.05) is 0 Å². The van der Waals surface area contributed by atoms with Gasteiger partial charge in [0.1, 0.15) is 11.6 Å². The van der Waals surface area contributed by atoms with Gasteiger partial charge in [-0.3, -0.25) is 0 Å². The first-order valence-corrected chi connectivity index (χ1v) is 7.47. The molecule has 0 aliphatic rings. The van der Waals surface area contributed by atoms with Crippen molar-refractivity contribution in [1.29, 1.82) is 0 Å². The Morgan fingerprint density at radius 2 is 1.95 bits per heavy atom. The molecule has 0 amide bonds. The molecule has 0 atom stereocenters. The lowest BCUT2D eigenvalue weighted by molar-refractivity contribution is 0.626. The maximum atomic E-state index is 13.0. The number of halogens is 4. The van der Waals surface area contributed by atoms with E-state index in [0.717, 1.165) is 5.56 Å². The summed E-state index contributed by atoms with van der Waals surface area (Å²) in [7, 11) is 0. The summed E-state index contributed by atoms with van der Waals surface area (Å²) in [6.45, 7) is 0.393. The van der Waals surface area contributed by atoms with E-state index in [1.165, 1.54) is 24.3 Å². The molecule has 0 saturated carbocycles. The third-order valence-electron chi connectivity index (χ3n) is 2.62. The van der Waals surface area contributed by atoms with Crippen LogP contribution in [0.1, 0.15) is 5.56 Å². The third kappa shape index (κ3) is 4.62. The van der Waals surface area contributed by atoms with E-state index in [0.29, 0.717) is 21.8 Å². The van der Waals surface area contributed by atoms with Crippen LogP contribution in [0.25, 0.3) is 0 Å². The van der Waals surface area contributed by atoms with Gasteiger partial charge in [0.25, 0.3) is 0 Å². The lowest BCUT2D eigenvalue weighted by Gasteiger charge is -2.12. The van der Waals surface area contributed by atoms with Crippen LogP contribution in [0.4, 0.5) is 14.5 Å². The second-order valence-electron chi connectivity index (χ2n) is 4.18. The highest BCUT2D eigenvalue weighted by molar-refractivity contribution is 9.10. The van der Waals surface area contributed by atoms with Crippen LogP contribution in [0.3, 0.4) is 0 Å². The van der Waals surface area contributed by atoms with Crippen LogP contribution < -0.4 is 10.6 Å². The largest absolute Gasteiger partial charge is 0.358 e. The third-order valence-corrected chi connectivity index (χ3v) is 3.81.